The van der Waals surface area contributed by atoms with E-state index in [2.05, 4.69) is 20.9 Å². The molecule has 1 atom stereocenters. The highest BCUT2D eigenvalue weighted by Gasteiger charge is 2.33. The maximum Gasteiger partial charge on any atom is 0.319 e. The Labute approximate surface area is 188 Å². The van der Waals surface area contributed by atoms with E-state index in [1.807, 2.05) is 34.6 Å². The first kappa shape index (κ1) is 25.5. The molecule has 1 aromatic rings. The molecule has 9 heteroatoms. The summed E-state index contributed by atoms with van der Waals surface area (Å²) in [6.07, 6.45) is 0.465. The molecule has 0 saturated heterocycles. The molecule has 0 saturated carbocycles. The van der Waals surface area contributed by atoms with Crippen LogP contribution in [0.5, 0.6) is 0 Å². The molecule has 0 bridgehead atoms. The van der Waals surface area contributed by atoms with Crippen LogP contribution in [0.2, 0.25) is 0 Å². The molecule has 3 amide bonds. The minimum atomic E-state index is -1.03. The van der Waals surface area contributed by atoms with Crippen LogP contribution in [0, 0.1) is 22.5 Å². The Morgan fingerprint density at radius 2 is 1.81 bits per heavy atom. The predicted molar refractivity (Wildman–Crippen MR) is 121 cm³/mol. The number of hydrogen-bond acceptors (Lipinski definition) is 4. The molecule has 0 fully saturated rings. The Bertz CT molecular complexity index is 921. The first-order valence-corrected chi connectivity index (χ1v) is 10.6. The van der Waals surface area contributed by atoms with Gasteiger partial charge in [0.2, 0.25) is 5.91 Å². The fourth-order valence-electron chi connectivity index (χ4n) is 3.54. The van der Waals surface area contributed by atoms with Crippen LogP contribution in [0.15, 0.2) is 29.5 Å². The molecule has 1 aliphatic heterocycles. The van der Waals surface area contributed by atoms with E-state index in [-0.39, 0.29) is 23.2 Å². The third-order valence-corrected chi connectivity index (χ3v) is 5.53. The summed E-state index contributed by atoms with van der Waals surface area (Å²) in [6, 6.07) is 2.20. The summed E-state index contributed by atoms with van der Waals surface area (Å²) < 4.78 is 27.1. The number of nitrogens with one attached hydrogen (secondary N) is 4. The van der Waals surface area contributed by atoms with Crippen molar-refractivity contribution in [1.29, 1.82) is 5.41 Å². The summed E-state index contributed by atoms with van der Waals surface area (Å²) >= 11 is 0. The van der Waals surface area contributed by atoms with Crippen LogP contribution in [0.3, 0.4) is 0 Å². The second-order valence-corrected chi connectivity index (χ2v) is 9.29. The molecule has 1 aromatic carbocycles. The highest BCUT2D eigenvalue weighted by Crippen LogP contribution is 2.23. The molecule has 0 unspecified atom stereocenters. The van der Waals surface area contributed by atoms with Gasteiger partial charge in [-0.05, 0) is 37.5 Å². The summed E-state index contributed by atoms with van der Waals surface area (Å²) in [5, 5.41) is 16.7. The molecule has 1 heterocycles. The molecule has 2 rings (SSSR count). The zero-order chi connectivity index (χ0) is 24.2. The lowest BCUT2D eigenvalue weighted by Crippen LogP contribution is -2.55. The van der Waals surface area contributed by atoms with Gasteiger partial charge in [0.25, 0.3) is 0 Å². The number of hydrogen-bond donors (Lipinski definition) is 4. The summed E-state index contributed by atoms with van der Waals surface area (Å²) in [7, 11) is 1.51. The number of nitrogens with zero attached hydrogens (tertiary/aromatic N) is 1. The fraction of sp³-hybridized carbons (Fsp3) is 0.522. The lowest BCUT2D eigenvalue weighted by Gasteiger charge is -2.34. The second-order valence-electron chi connectivity index (χ2n) is 9.29. The predicted octanol–water partition coefficient (Wildman–Crippen LogP) is 3.16. The van der Waals surface area contributed by atoms with Gasteiger partial charge in [-0.3, -0.25) is 15.1 Å². The molecular formula is C23H33F2N5O2. The van der Waals surface area contributed by atoms with Crippen molar-refractivity contribution in [1.82, 2.24) is 20.9 Å². The van der Waals surface area contributed by atoms with Crippen molar-refractivity contribution >= 4 is 17.6 Å². The van der Waals surface area contributed by atoms with Crippen molar-refractivity contribution < 1.29 is 18.4 Å². The van der Waals surface area contributed by atoms with Gasteiger partial charge in [0.1, 0.15) is 6.04 Å². The third-order valence-electron chi connectivity index (χ3n) is 5.53. The zero-order valence-corrected chi connectivity index (χ0v) is 19.5. The SMILES string of the molecule is CNC(=O)[C@@H](NC(=O)NC1=C(C(=N)c2ccc(F)c(F)c2)CN(C(C)C)CC1)C(C)(C)C. The fourth-order valence-corrected chi connectivity index (χ4v) is 3.54. The van der Waals surface area contributed by atoms with Gasteiger partial charge in [0, 0.05) is 49.4 Å². The van der Waals surface area contributed by atoms with Gasteiger partial charge in [-0.15, -0.1) is 0 Å². The van der Waals surface area contributed by atoms with E-state index < -0.39 is 29.1 Å². The first-order chi connectivity index (χ1) is 14.8. The number of benzene rings is 1. The Morgan fingerprint density at radius 3 is 2.34 bits per heavy atom. The van der Waals surface area contributed by atoms with Gasteiger partial charge >= 0.3 is 6.03 Å². The summed E-state index contributed by atoms with van der Waals surface area (Å²) in [4.78, 5) is 27.2. The van der Waals surface area contributed by atoms with E-state index >= 15 is 0 Å². The van der Waals surface area contributed by atoms with Gasteiger partial charge in [0.15, 0.2) is 11.6 Å². The molecule has 1 aliphatic rings. The van der Waals surface area contributed by atoms with Crippen molar-refractivity contribution in [3.63, 3.8) is 0 Å². The lowest BCUT2D eigenvalue weighted by atomic mass is 9.86. The molecule has 32 heavy (non-hydrogen) atoms. The van der Waals surface area contributed by atoms with Crippen LogP contribution in [-0.2, 0) is 4.79 Å². The molecule has 0 spiro atoms. The van der Waals surface area contributed by atoms with Crippen LogP contribution in [0.25, 0.3) is 0 Å². The van der Waals surface area contributed by atoms with Crippen molar-refractivity contribution in [2.45, 2.75) is 53.1 Å². The summed E-state index contributed by atoms with van der Waals surface area (Å²) in [6.45, 7) is 10.6. The zero-order valence-electron chi connectivity index (χ0n) is 19.5. The minimum Gasteiger partial charge on any atom is -0.357 e. The van der Waals surface area contributed by atoms with Crippen molar-refractivity contribution in [2.24, 2.45) is 5.41 Å². The average Bonchev–Trinajstić information content (AvgIpc) is 2.72. The normalized spacial score (nSPS) is 16.0. The Morgan fingerprint density at radius 1 is 1.16 bits per heavy atom. The van der Waals surface area contributed by atoms with Crippen LogP contribution in [0.4, 0.5) is 13.6 Å². The van der Waals surface area contributed by atoms with E-state index in [1.54, 1.807) is 0 Å². The lowest BCUT2D eigenvalue weighted by molar-refractivity contribution is -0.124. The van der Waals surface area contributed by atoms with E-state index in [0.717, 1.165) is 12.1 Å². The van der Waals surface area contributed by atoms with E-state index in [1.165, 1.54) is 13.1 Å². The number of carbonyl (C=O) groups excluding carboxylic acids is 2. The number of carbonyl (C=O) groups is 2. The molecule has 0 radical (unpaired) electrons. The van der Waals surface area contributed by atoms with Crippen LogP contribution < -0.4 is 16.0 Å². The number of halogens is 2. The standard InChI is InChI=1S/C23H33F2N5O2/c1-13(2)30-10-9-18(28-22(32)29-20(21(31)27-6)23(3,4)5)15(12-30)19(26)14-7-8-16(24)17(25)11-14/h7-8,11,13,20,26H,9-10,12H2,1-6H3,(H,27,31)(H2,28,29,32)/t20-/m1/s1. The van der Waals surface area contributed by atoms with Crippen molar-refractivity contribution in [2.75, 3.05) is 20.1 Å². The molecule has 0 aromatic heterocycles. The Kier molecular flexibility index (Phi) is 8.12. The van der Waals surface area contributed by atoms with E-state index in [0.29, 0.717) is 30.8 Å². The second kappa shape index (κ2) is 10.2. The van der Waals surface area contributed by atoms with Crippen LogP contribution >= 0.6 is 0 Å². The number of likely N-dealkylation sites (N-methyl/N-ethyl adjacent to an activating group) is 1. The van der Waals surface area contributed by atoms with Gasteiger partial charge < -0.3 is 16.0 Å². The van der Waals surface area contributed by atoms with Crippen LogP contribution in [-0.4, -0.2) is 54.8 Å². The molecular weight excluding hydrogens is 416 g/mol. The third kappa shape index (κ3) is 6.12. The highest BCUT2D eigenvalue weighted by atomic mass is 19.2. The van der Waals surface area contributed by atoms with Gasteiger partial charge in [-0.25, -0.2) is 13.6 Å². The molecule has 0 aliphatic carbocycles. The van der Waals surface area contributed by atoms with Gasteiger partial charge in [-0.1, -0.05) is 20.8 Å². The molecule has 7 nitrogen and oxygen atoms in total. The Hall–Kier alpha value is -2.81. The first-order valence-electron chi connectivity index (χ1n) is 10.6. The maximum atomic E-state index is 13.8. The number of amides is 3. The smallest absolute Gasteiger partial charge is 0.319 e. The number of urea groups is 1. The topological polar surface area (TPSA) is 97.3 Å². The largest absolute Gasteiger partial charge is 0.357 e. The van der Waals surface area contributed by atoms with E-state index in [4.69, 9.17) is 5.41 Å². The van der Waals surface area contributed by atoms with Crippen molar-refractivity contribution in [3.05, 3.63) is 46.7 Å². The van der Waals surface area contributed by atoms with Gasteiger partial charge in [0.05, 0.1) is 5.71 Å². The van der Waals surface area contributed by atoms with Crippen LogP contribution in [0.1, 0.15) is 46.6 Å². The maximum absolute atomic E-state index is 13.8. The number of rotatable bonds is 6. The molecule has 4 N–H and O–H groups in total. The summed E-state index contributed by atoms with van der Waals surface area (Å²) in [5.41, 5.74) is 0.774. The highest BCUT2D eigenvalue weighted by molar-refractivity contribution is 6.11. The van der Waals surface area contributed by atoms with Crippen molar-refractivity contribution in [3.8, 4) is 0 Å². The Balaban J connectivity index is 2.34. The average molecular weight is 450 g/mol. The quantitative estimate of drug-likeness (QED) is 0.502. The molecule has 176 valence electrons. The van der Waals surface area contributed by atoms with E-state index in [9.17, 15) is 18.4 Å². The van der Waals surface area contributed by atoms with Gasteiger partial charge in [-0.2, -0.15) is 0 Å². The monoisotopic (exact) mass is 449 g/mol. The minimum absolute atomic E-state index is 0.0169. The summed E-state index contributed by atoms with van der Waals surface area (Å²) in [5.74, 6) is -2.33.